The average Bonchev–Trinajstić information content (AvgIpc) is 3.43. The summed E-state index contributed by atoms with van der Waals surface area (Å²) in [6.07, 6.45) is 6.02. The van der Waals surface area contributed by atoms with Gasteiger partial charge in [0.2, 0.25) is 5.91 Å². The number of nitrogens with one attached hydrogen (secondary N) is 2. The number of carboxylic acids is 1. The zero-order valence-corrected chi connectivity index (χ0v) is 22.3. The van der Waals surface area contributed by atoms with Crippen LogP contribution in [0.3, 0.4) is 0 Å². The molecule has 0 unspecified atom stereocenters. The number of aromatic nitrogens is 1. The molecule has 0 aliphatic heterocycles. The topological polar surface area (TPSA) is 156 Å². The Balaban J connectivity index is 1.61. The van der Waals surface area contributed by atoms with E-state index in [0.29, 0.717) is 60.4 Å². The second-order valence-electron chi connectivity index (χ2n) is 9.99. The molecule has 1 aromatic carbocycles. The molecule has 1 fully saturated rings. The first-order valence-electron chi connectivity index (χ1n) is 12.4. The van der Waals surface area contributed by atoms with Crippen molar-refractivity contribution in [1.29, 1.82) is 0 Å². The lowest BCUT2D eigenvalue weighted by atomic mass is 9.80. The van der Waals surface area contributed by atoms with Crippen LogP contribution in [0.5, 0.6) is 0 Å². The van der Waals surface area contributed by atoms with Gasteiger partial charge in [-0.05, 0) is 57.2 Å². The number of carbonyl (C=O) groups is 3. The Labute approximate surface area is 217 Å². The lowest BCUT2D eigenvalue weighted by Crippen LogP contribution is -2.48. The zero-order valence-electron chi connectivity index (χ0n) is 21.5. The summed E-state index contributed by atoms with van der Waals surface area (Å²) < 4.78 is 27.9. The molecule has 11 heteroatoms. The number of unbranched alkanes of at least 4 members (excludes halogenated alkanes) is 1. The van der Waals surface area contributed by atoms with Gasteiger partial charge in [-0.1, -0.05) is 36.6 Å². The van der Waals surface area contributed by atoms with Crippen LogP contribution < -0.4 is 10.6 Å². The van der Waals surface area contributed by atoms with Gasteiger partial charge in [0.1, 0.15) is 27.2 Å². The summed E-state index contributed by atoms with van der Waals surface area (Å²) in [5.41, 5.74) is 1.43. The summed E-state index contributed by atoms with van der Waals surface area (Å²) in [6.45, 7) is 3.34. The van der Waals surface area contributed by atoms with E-state index >= 15 is 0 Å². The van der Waals surface area contributed by atoms with Gasteiger partial charge in [-0.25, -0.2) is 13.2 Å². The van der Waals surface area contributed by atoms with E-state index in [-0.39, 0.29) is 24.0 Å². The van der Waals surface area contributed by atoms with Crippen LogP contribution in [0.2, 0.25) is 0 Å². The van der Waals surface area contributed by atoms with Gasteiger partial charge in [-0.15, -0.1) is 0 Å². The molecular weight excluding hydrogens is 498 g/mol. The number of carbonyl (C=O) groups excluding carboxylic acids is 2. The molecule has 3 N–H and O–H groups in total. The first-order chi connectivity index (χ1) is 17.4. The second kappa shape index (κ2) is 11.9. The van der Waals surface area contributed by atoms with E-state index in [9.17, 15) is 27.9 Å². The highest BCUT2D eigenvalue weighted by molar-refractivity contribution is 7.90. The van der Waals surface area contributed by atoms with Crippen molar-refractivity contribution >= 4 is 33.3 Å². The zero-order chi connectivity index (χ0) is 27.2. The highest BCUT2D eigenvalue weighted by Crippen LogP contribution is 2.42. The van der Waals surface area contributed by atoms with E-state index in [0.717, 1.165) is 12.8 Å². The summed E-state index contributed by atoms with van der Waals surface area (Å²) in [4.78, 5) is 37.8. The van der Waals surface area contributed by atoms with E-state index in [1.54, 1.807) is 38.1 Å². The fourth-order valence-electron chi connectivity index (χ4n) is 4.94. The minimum absolute atomic E-state index is 0.0804. The Morgan fingerprint density at radius 3 is 2.30 bits per heavy atom. The van der Waals surface area contributed by atoms with Crippen LogP contribution in [-0.4, -0.2) is 54.5 Å². The van der Waals surface area contributed by atoms with Crippen LogP contribution in [0.4, 0.5) is 5.69 Å². The molecule has 1 aliphatic rings. The number of carboxylic acid groups (broad SMARTS) is 1. The van der Waals surface area contributed by atoms with Crippen LogP contribution >= 0.6 is 0 Å². The van der Waals surface area contributed by atoms with Crippen LogP contribution in [-0.2, 0) is 25.8 Å². The van der Waals surface area contributed by atoms with Gasteiger partial charge in [0.25, 0.3) is 5.91 Å². The summed E-state index contributed by atoms with van der Waals surface area (Å²) in [7, 11) is -3.06. The maximum Gasteiger partial charge on any atom is 0.326 e. The van der Waals surface area contributed by atoms with Crippen LogP contribution in [0.1, 0.15) is 72.3 Å². The highest BCUT2D eigenvalue weighted by Gasteiger charge is 2.41. The van der Waals surface area contributed by atoms with Gasteiger partial charge in [0.05, 0.1) is 5.69 Å². The maximum absolute atomic E-state index is 13.3. The summed E-state index contributed by atoms with van der Waals surface area (Å²) in [6, 6.07) is 5.66. The number of sulfone groups is 1. The van der Waals surface area contributed by atoms with Crippen LogP contribution in [0, 0.1) is 19.3 Å². The summed E-state index contributed by atoms with van der Waals surface area (Å²) in [5, 5.41) is 19.1. The van der Waals surface area contributed by atoms with E-state index < -0.39 is 27.3 Å². The van der Waals surface area contributed by atoms with Gasteiger partial charge >= 0.3 is 5.97 Å². The maximum atomic E-state index is 13.3. The highest BCUT2D eigenvalue weighted by atomic mass is 32.2. The predicted octanol–water partition coefficient (Wildman–Crippen LogP) is 3.43. The largest absolute Gasteiger partial charge is 0.480 e. The van der Waals surface area contributed by atoms with Crippen LogP contribution in [0.25, 0.3) is 0 Å². The van der Waals surface area contributed by atoms with E-state index in [4.69, 9.17) is 4.52 Å². The number of rotatable bonds is 12. The Kier molecular flexibility index (Phi) is 9.12. The smallest absolute Gasteiger partial charge is 0.326 e. The molecule has 0 saturated heterocycles. The van der Waals surface area contributed by atoms with Crippen molar-refractivity contribution in [2.75, 3.05) is 17.3 Å². The monoisotopic (exact) mass is 533 g/mol. The standard InChI is InChI=1S/C26H35N3O7S/c1-17-22(18(2)36-29-17)23(30)27-20-10-8-19(9-11-20)16-21(24(31)32)28-25(33)26(12-4-5-13-26)14-6-7-15-37(3,34)35/h8-11,21H,4-7,12-16H2,1-3H3,(H,27,30)(H,28,33)(H,31,32)/t21-/m0/s1. The molecule has 0 radical (unpaired) electrons. The molecule has 10 nitrogen and oxygen atoms in total. The van der Waals surface area contributed by atoms with Gasteiger partial charge in [0.15, 0.2) is 0 Å². The minimum atomic E-state index is -3.06. The number of anilines is 1. The molecular formula is C26H35N3O7S. The molecule has 1 atom stereocenters. The summed E-state index contributed by atoms with van der Waals surface area (Å²) in [5.74, 6) is -1.26. The van der Waals surface area contributed by atoms with Crippen molar-refractivity contribution in [2.24, 2.45) is 5.41 Å². The van der Waals surface area contributed by atoms with Crippen molar-refractivity contribution in [3.05, 3.63) is 46.8 Å². The minimum Gasteiger partial charge on any atom is -0.480 e. The second-order valence-corrected chi connectivity index (χ2v) is 12.3. The number of amides is 2. The average molecular weight is 534 g/mol. The molecule has 2 amide bonds. The number of aryl methyl sites for hydroxylation is 2. The third kappa shape index (κ3) is 7.64. The lowest BCUT2D eigenvalue weighted by molar-refractivity contribution is -0.144. The number of benzene rings is 1. The predicted molar refractivity (Wildman–Crippen MR) is 138 cm³/mol. The molecule has 0 spiro atoms. The van der Waals surface area contributed by atoms with Crippen molar-refractivity contribution in [3.8, 4) is 0 Å². The lowest BCUT2D eigenvalue weighted by Gasteiger charge is -2.29. The molecule has 37 heavy (non-hydrogen) atoms. The SMILES string of the molecule is Cc1noc(C)c1C(=O)Nc1ccc(C[C@H](NC(=O)C2(CCCCS(C)(=O)=O)CCCC2)C(=O)O)cc1. The fourth-order valence-corrected chi connectivity index (χ4v) is 5.67. The van der Waals surface area contributed by atoms with Gasteiger partial charge in [-0.3, -0.25) is 9.59 Å². The molecule has 0 bridgehead atoms. The number of hydrogen-bond donors (Lipinski definition) is 3. The van der Waals surface area contributed by atoms with Crippen LogP contribution in [0.15, 0.2) is 28.8 Å². The number of aliphatic carboxylic acids is 1. The molecule has 202 valence electrons. The van der Waals surface area contributed by atoms with E-state index in [1.165, 1.54) is 6.26 Å². The Morgan fingerprint density at radius 2 is 1.76 bits per heavy atom. The first-order valence-corrected chi connectivity index (χ1v) is 14.5. The van der Waals surface area contributed by atoms with Crippen molar-refractivity contribution in [1.82, 2.24) is 10.5 Å². The first kappa shape index (κ1) is 28.4. The Morgan fingerprint density at radius 1 is 1.11 bits per heavy atom. The summed E-state index contributed by atoms with van der Waals surface area (Å²) >= 11 is 0. The third-order valence-electron chi connectivity index (χ3n) is 6.98. The van der Waals surface area contributed by atoms with Crippen molar-refractivity contribution in [3.63, 3.8) is 0 Å². The Bertz CT molecular complexity index is 1210. The molecule has 2 aromatic rings. The van der Waals surface area contributed by atoms with Crippen molar-refractivity contribution in [2.45, 2.75) is 71.3 Å². The molecule has 1 heterocycles. The fraction of sp³-hybridized carbons (Fsp3) is 0.538. The van der Waals surface area contributed by atoms with Crippen molar-refractivity contribution < 1.29 is 32.4 Å². The number of hydrogen-bond acceptors (Lipinski definition) is 7. The Hall–Kier alpha value is -3.21. The molecule has 1 aliphatic carbocycles. The molecule has 1 aromatic heterocycles. The number of nitrogens with zero attached hydrogens (tertiary/aromatic N) is 1. The van der Waals surface area contributed by atoms with E-state index in [2.05, 4.69) is 15.8 Å². The van der Waals surface area contributed by atoms with Gasteiger partial charge in [-0.2, -0.15) is 0 Å². The van der Waals surface area contributed by atoms with Gasteiger partial charge < -0.3 is 20.3 Å². The molecule has 1 saturated carbocycles. The van der Waals surface area contributed by atoms with E-state index in [1.807, 2.05) is 0 Å². The normalized spacial score (nSPS) is 15.8. The quantitative estimate of drug-likeness (QED) is 0.350. The van der Waals surface area contributed by atoms with Gasteiger partial charge in [0, 0.05) is 29.5 Å². The third-order valence-corrected chi connectivity index (χ3v) is 8.01. The molecule has 3 rings (SSSR count).